The fraction of sp³-hybridized carbons (Fsp3) is 0.588. The Labute approximate surface area is 144 Å². The van der Waals surface area contributed by atoms with Gasteiger partial charge in [-0.05, 0) is 31.4 Å². The molecule has 1 aromatic rings. The average Bonchev–Trinajstić information content (AvgIpc) is 2.59. The summed E-state index contributed by atoms with van der Waals surface area (Å²) in [6.07, 6.45) is -3.25. The van der Waals surface area contributed by atoms with Crippen molar-refractivity contribution in [2.75, 3.05) is 21.3 Å². The van der Waals surface area contributed by atoms with Crippen molar-refractivity contribution in [2.45, 2.75) is 37.9 Å². The van der Waals surface area contributed by atoms with Gasteiger partial charge < -0.3 is 19.5 Å². The second-order valence-corrected chi connectivity index (χ2v) is 5.99. The molecule has 0 spiro atoms. The van der Waals surface area contributed by atoms with E-state index >= 15 is 0 Å². The Morgan fingerprint density at radius 1 is 1.08 bits per heavy atom. The zero-order chi connectivity index (χ0) is 18.6. The first-order chi connectivity index (χ1) is 11.8. The summed E-state index contributed by atoms with van der Waals surface area (Å²) in [6.45, 7) is 0. The number of methoxy groups -OCH3 is 3. The molecule has 140 valence electrons. The van der Waals surface area contributed by atoms with Crippen molar-refractivity contribution >= 4 is 5.91 Å². The van der Waals surface area contributed by atoms with Gasteiger partial charge in [0, 0.05) is 11.6 Å². The molecule has 0 heterocycles. The molecule has 1 fully saturated rings. The molecule has 2 atom stereocenters. The normalized spacial score (nSPS) is 20.7. The van der Waals surface area contributed by atoms with Crippen molar-refractivity contribution in [3.63, 3.8) is 0 Å². The number of hydrogen-bond donors (Lipinski definition) is 1. The summed E-state index contributed by atoms with van der Waals surface area (Å²) in [5.74, 6) is -0.873. The molecule has 0 aromatic heterocycles. The third kappa shape index (κ3) is 4.49. The zero-order valence-corrected chi connectivity index (χ0v) is 14.4. The maximum atomic E-state index is 12.9. The summed E-state index contributed by atoms with van der Waals surface area (Å²) in [7, 11) is 4.29. The van der Waals surface area contributed by atoms with Crippen LogP contribution in [0.2, 0.25) is 0 Å². The predicted octanol–water partition coefficient (Wildman–Crippen LogP) is 3.56. The van der Waals surface area contributed by atoms with Gasteiger partial charge in [-0.3, -0.25) is 4.79 Å². The van der Waals surface area contributed by atoms with E-state index in [2.05, 4.69) is 5.32 Å². The Balaban J connectivity index is 2.15. The number of benzene rings is 1. The first-order valence-corrected chi connectivity index (χ1v) is 7.97. The average molecular weight is 361 g/mol. The topological polar surface area (TPSA) is 56.8 Å². The molecule has 25 heavy (non-hydrogen) atoms. The van der Waals surface area contributed by atoms with E-state index in [1.807, 2.05) is 0 Å². The van der Waals surface area contributed by atoms with Crippen LogP contribution in [0.1, 0.15) is 36.0 Å². The van der Waals surface area contributed by atoms with E-state index in [-0.39, 0.29) is 18.4 Å². The van der Waals surface area contributed by atoms with Crippen molar-refractivity contribution < 1.29 is 32.2 Å². The fourth-order valence-electron chi connectivity index (χ4n) is 3.10. The van der Waals surface area contributed by atoms with E-state index in [0.717, 1.165) is 0 Å². The van der Waals surface area contributed by atoms with Crippen molar-refractivity contribution in [1.29, 1.82) is 0 Å². The summed E-state index contributed by atoms with van der Waals surface area (Å²) in [4.78, 5) is 12.5. The lowest BCUT2D eigenvalue weighted by Gasteiger charge is -2.31. The first kappa shape index (κ1) is 19.2. The molecule has 0 saturated heterocycles. The molecule has 1 amide bonds. The highest BCUT2D eigenvalue weighted by atomic mass is 19.4. The third-order valence-electron chi connectivity index (χ3n) is 4.40. The van der Waals surface area contributed by atoms with Crippen LogP contribution in [-0.2, 0) is 0 Å². The molecular weight excluding hydrogens is 339 g/mol. The standard InChI is InChI=1S/C17H22F3NO4/c1-23-13-7-10(8-14(24-2)15(13)25-3)16(22)21-12-6-4-5-11(9-12)17(18,19)20/h7-8,11-12H,4-6,9H2,1-3H3,(H,21,22)/t11-,12+/m0/s1. The van der Waals surface area contributed by atoms with Gasteiger partial charge >= 0.3 is 6.18 Å². The Hall–Kier alpha value is -2.12. The summed E-state index contributed by atoms with van der Waals surface area (Å²) in [5.41, 5.74) is 0.239. The van der Waals surface area contributed by atoms with Gasteiger partial charge in [0.25, 0.3) is 5.91 Å². The van der Waals surface area contributed by atoms with Crippen LogP contribution in [0.3, 0.4) is 0 Å². The van der Waals surface area contributed by atoms with Gasteiger partial charge in [0.1, 0.15) is 0 Å². The zero-order valence-electron chi connectivity index (χ0n) is 14.4. The maximum absolute atomic E-state index is 12.9. The molecule has 2 rings (SSSR count). The largest absolute Gasteiger partial charge is 0.493 e. The van der Waals surface area contributed by atoms with Gasteiger partial charge in [0.05, 0.1) is 27.2 Å². The number of hydrogen-bond acceptors (Lipinski definition) is 4. The third-order valence-corrected chi connectivity index (χ3v) is 4.40. The first-order valence-electron chi connectivity index (χ1n) is 7.97. The van der Waals surface area contributed by atoms with E-state index in [0.29, 0.717) is 30.1 Å². The summed E-state index contributed by atoms with van der Waals surface area (Å²) in [5, 5.41) is 2.69. The fourth-order valence-corrected chi connectivity index (χ4v) is 3.10. The SMILES string of the molecule is COc1cc(C(=O)N[C@@H]2CCC[C@H](C(F)(F)F)C2)cc(OC)c1OC. The van der Waals surface area contributed by atoms with Crippen LogP contribution in [0.25, 0.3) is 0 Å². The van der Waals surface area contributed by atoms with Gasteiger partial charge in [-0.15, -0.1) is 0 Å². The number of rotatable bonds is 5. The summed E-state index contributed by atoms with van der Waals surface area (Å²) in [6, 6.07) is 2.44. The molecule has 0 unspecified atom stereocenters. The molecule has 1 aliphatic carbocycles. The lowest BCUT2D eigenvalue weighted by Crippen LogP contribution is -2.41. The number of carbonyl (C=O) groups excluding carboxylic acids is 1. The minimum absolute atomic E-state index is 0.0976. The highest BCUT2D eigenvalue weighted by Gasteiger charge is 2.42. The maximum Gasteiger partial charge on any atom is 0.391 e. The van der Waals surface area contributed by atoms with E-state index in [4.69, 9.17) is 14.2 Å². The highest BCUT2D eigenvalue weighted by molar-refractivity contribution is 5.95. The van der Waals surface area contributed by atoms with Gasteiger partial charge in [0.15, 0.2) is 11.5 Å². The van der Waals surface area contributed by atoms with Crippen LogP contribution in [0.5, 0.6) is 17.2 Å². The van der Waals surface area contributed by atoms with Crippen molar-refractivity contribution in [3.8, 4) is 17.2 Å². The molecule has 1 saturated carbocycles. The van der Waals surface area contributed by atoms with Crippen LogP contribution in [0, 0.1) is 5.92 Å². The molecule has 5 nitrogen and oxygen atoms in total. The molecule has 8 heteroatoms. The molecule has 0 radical (unpaired) electrons. The molecule has 1 N–H and O–H groups in total. The lowest BCUT2D eigenvalue weighted by molar-refractivity contribution is -0.183. The number of alkyl halides is 3. The number of ether oxygens (including phenoxy) is 3. The van der Waals surface area contributed by atoms with Crippen molar-refractivity contribution in [2.24, 2.45) is 5.92 Å². The van der Waals surface area contributed by atoms with Crippen molar-refractivity contribution in [3.05, 3.63) is 17.7 Å². The van der Waals surface area contributed by atoms with E-state index in [1.54, 1.807) is 0 Å². The van der Waals surface area contributed by atoms with Crippen LogP contribution in [0.15, 0.2) is 12.1 Å². The minimum atomic E-state index is -4.23. The van der Waals surface area contributed by atoms with Crippen LogP contribution in [0.4, 0.5) is 13.2 Å². The Bertz CT molecular complexity index is 593. The smallest absolute Gasteiger partial charge is 0.391 e. The highest BCUT2D eigenvalue weighted by Crippen LogP contribution is 2.39. The lowest BCUT2D eigenvalue weighted by atomic mass is 9.85. The second kappa shape index (κ2) is 7.84. The van der Waals surface area contributed by atoms with Gasteiger partial charge in [0.2, 0.25) is 5.75 Å². The summed E-state index contributed by atoms with van der Waals surface area (Å²) >= 11 is 0. The molecular formula is C17H22F3NO4. The molecule has 0 aliphatic heterocycles. The quantitative estimate of drug-likeness (QED) is 0.871. The van der Waals surface area contributed by atoms with E-state index < -0.39 is 24.0 Å². The van der Waals surface area contributed by atoms with Crippen LogP contribution >= 0.6 is 0 Å². The van der Waals surface area contributed by atoms with Crippen LogP contribution in [-0.4, -0.2) is 39.5 Å². The molecule has 1 aromatic carbocycles. The number of amides is 1. The number of nitrogens with one attached hydrogen (secondary N) is 1. The second-order valence-electron chi connectivity index (χ2n) is 5.99. The van der Waals surface area contributed by atoms with Gasteiger partial charge in [-0.2, -0.15) is 13.2 Å². The Morgan fingerprint density at radius 3 is 2.16 bits per heavy atom. The number of halogens is 3. The van der Waals surface area contributed by atoms with E-state index in [9.17, 15) is 18.0 Å². The van der Waals surface area contributed by atoms with E-state index in [1.165, 1.54) is 33.5 Å². The van der Waals surface area contributed by atoms with Gasteiger partial charge in [-0.1, -0.05) is 6.42 Å². The number of carbonyl (C=O) groups is 1. The Kier molecular flexibility index (Phi) is 6.02. The van der Waals surface area contributed by atoms with Gasteiger partial charge in [-0.25, -0.2) is 0 Å². The Morgan fingerprint density at radius 2 is 1.68 bits per heavy atom. The molecule has 0 bridgehead atoms. The summed E-state index contributed by atoms with van der Waals surface area (Å²) < 4.78 is 54.3. The minimum Gasteiger partial charge on any atom is -0.493 e. The molecule has 1 aliphatic rings. The monoisotopic (exact) mass is 361 g/mol. The van der Waals surface area contributed by atoms with Crippen molar-refractivity contribution in [1.82, 2.24) is 5.32 Å². The predicted molar refractivity (Wildman–Crippen MR) is 85.4 cm³/mol. The van der Waals surface area contributed by atoms with Crippen LogP contribution < -0.4 is 19.5 Å².